The summed E-state index contributed by atoms with van der Waals surface area (Å²) in [7, 11) is 0. The van der Waals surface area contributed by atoms with E-state index in [2.05, 4.69) is 10.2 Å². The van der Waals surface area contributed by atoms with Crippen molar-refractivity contribution in [1.29, 1.82) is 0 Å². The second-order valence-electron chi connectivity index (χ2n) is 5.58. The summed E-state index contributed by atoms with van der Waals surface area (Å²) in [4.78, 5) is 2.62. The highest BCUT2D eigenvalue weighted by Crippen LogP contribution is 2.49. The molecule has 0 atom stereocenters. The molecule has 1 heterocycles. The second kappa shape index (κ2) is 3.19. The molecule has 0 bridgehead atoms. The van der Waals surface area contributed by atoms with Crippen molar-refractivity contribution in [3.63, 3.8) is 0 Å². The molecule has 0 unspecified atom stereocenters. The van der Waals surface area contributed by atoms with Crippen molar-refractivity contribution < 1.29 is 5.11 Å². The van der Waals surface area contributed by atoms with E-state index in [1.807, 2.05) is 0 Å². The molecule has 0 aromatic heterocycles. The molecule has 2 aliphatic carbocycles. The zero-order chi connectivity index (χ0) is 9.60. The number of aliphatic hydroxyl groups is 1. The summed E-state index contributed by atoms with van der Waals surface area (Å²) in [6.45, 7) is 4.16. The minimum absolute atomic E-state index is 0.145. The first kappa shape index (κ1) is 9.13. The lowest BCUT2D eigenvalue weighted by Gasteiger charge is -2.59. The molecule has 1 saturated heterocycles. The number of nitrogens with zero attached hydrogens (tertiary/aromatic N) is 1. The summed E-state index contributed by atoms with van der Waals surface area (Å²) in [5, 5.41) is 11.8. The third-order valence-electron chi connectivity index (χ3n) is 4.07. The predicted molar refractivity (Wildman–Crippen MR) is 54.8 cm³/mol. The Morgan fingerprint density at radius 3 is 2.57 bits per heavy atom. The number of aliphatic hydroxyl groups excluding tert-OH is 1. The molecule has 3 nitrogen and oxygen atoms in total. The summed E-state index contributed by atoms with van der Waals surface area (Å²) in [6.07, 6.45) is 5.51. The van der Waals surface area contributed by atoms with Gasteiger partial charge in [-0.2, -0.15) is 0 Å². The first-order chi connectivity index (χ1) is 6.80. The van der Waals surface area contributed by atoms with Gasteiger partial charge in [0, 0.05) is 25.7 Å². The SMILES string of the molecule is OCNC1CC2(C1)CN(CC1CC1)C2. The molecular formula is C11H20N2O. The largest absolute Gasteiger partial charge is 0.381 e. The van der Waals surface area contributed by atoms with Crippen LogP contribution in [0, 0.1) is 11.3 Å². The molecule has 2 saturated carbocycles. The summed E-state index contributed by atoms with van der Waals surface area (Å²) in [6, 6.07) is 0.600. The van der Waals surface area contributed by atoms with E-state index in [1.54, 1.807) is 0 Å². The molecule has 0 amide bonds. The van der Waals surface area contributed by atoms with Crippen LogP contribution in [0.1, 0.15) is 25.7 Å². The van der Waals surface area contributed by atoms with Gasteiger partial charge in [0.25, 0.3) is 0 Å². The van der Waals surface area contributed by atoms with Crippen LogP contribution in [0.25, 0.3) is 0 Å². The van der Waals surface area contributed by atoms with Crippen molar-refractivity contribution in [1.82, 2.24) is 10.2 Å². The van der Waals surface area contributed by atoms with Crippen LogP contribution >= 0.6 is 0 Å². The first-order valence-electron chi connectivity index (χ1n) is 5.86. The molecule has 2 N–H and O–H groups in total. The summed E-state index contributed by atoms with van der Waals surface area (Å²) >= 11 is 0. The fourth-order valence-electron chi connectivity index (χ4n) is 3.21. The molecule has 3 fully saturated rings. The number of nitrogens with one attached hydrogen (secondary N) is 1. The van der Waals surface area contributed by atoms with Crippen molar-refractivity contribution in [2.75, 3.05) is 26.4 Å². The second-order valence-corrected chi connectivity index (χ2v) is 5.58. The van der Waals surface area contributed by atoms with Crippen molar-refractivity contribution in [3.8, 4) is 0 Å². The average Bonchev–Trinajstić information content (AvgIpc) is 2.80. The Labute approximate surface area is 85.5 Å². The maximum absolute atomic E-state index is 8.72. The Morgan fingerprint density at radius 1 is 1.29 bits per heavy atom. The fourth-order valence-corrected chi connectivity index (χ4v) is 3.21. The van der Waals surface area contributed by atoms with Crippen LogP contribution in [0.3, 0.4) is 0 Å². The van der Waals surface area contributed by atoms with E-state index >= 15 is 0 Å². The zero-order valence-electron chi connectivity index (χ0n) is 8.71. The summed E-state index contributed by atoms with van der Waals surface area (Å²) in [5.74, 6) is 1.04. The average molecular weight is 196 g/mol. The van der Waals surface area contributed by atoms with E-state index in [-0.39, 0.29) is 6.73 Å². The normalized spacial score (nSPS) is 31.5. The van der Waals surface area contributed by atoms with Crippen LogP contribution < -0.4 is 5.32 Å². The lowest BCUT2D eigenvalue weighted by Crippen LogP contribution is -2.66. The summed E-state index contributed by atoms with van der Waals surface area (Å²) in [5.41, 5.74) is 0.654. The molecule has 0 radical (unpaired) electrons. The van der Waals surface area contributed by atoms with E-state index in [0.29, 0.717) is 11.5 Å². The van der Waals surface area contributed by atoms with Gasteiger partial charge in [-0.15, -0.1) is 0 Å². The van der Waals surface area contributed by atoms with Crippen LogP contribution in [0.2, 0.25) is 0 Å². The van der Waals surface area contributed by atoms with E-state index < -0.39 is 0 Å². The molecule has 1 spiro atoms. The quantitative estimate of drug-likeness (QED) is 0.639. The molecule has 80 valence electrons. The monoisotopic (exact) mass is 196 g/mol. The smallest absolute Gasteiger partial charge is 0.0933 e. The minimum Gasteiger partial charge on any atom is -0.381 e. The molecule has 3 aliphatic rings. The maximum atomic E-state index is 8.72. The van der Waals surface area contributed by atoms with E-state index in [4.69, 9.17) is 5.11 Å². The van der Waals surface area contributed by atoms with Crippen molar-refractivity contribution >= 4 is 0 Å². The number of hydrogen-bond donors (Lipinski definition) is 2. The van der Waals surface area contributed by atoms with Gasteiger partial charge in [-0.1, -0.05) is 0 Å². The number of hydrogen-bond acceptors (Lipinski definition) is 3. The van der Waals surface area contributed by atoms with Gasteiger partial charge in [0.05, 0.1) is 6.73 Å². The maximum Gasteiger partial charge on any atom is 0.0933 e. The Kier molecular flexibility index (Phi) is 2.08. The lowest BCUT2D eigenvalue weighted by atomic mass is 9.60. The van der Waals surface area contributed by atoms with Gasteiger partial charge in [-0.25, -0.2) is 0 Å². The molecule has 3 rings (SSSR count). The van der Waals surface area contributed by atoms with Gasteiger partial charge < -0.3 is 10.0 Å². The molecule has 14 heavy (non-hydrogen) atoms. The zero-order valence-corrected chi connectivity index (χ0v) is 8.71. The highest BCUT2D eigenvalue weighted by atomic mass is 16.3. The predicted octanol–water partition coefficient (Wildman–Crippen LogP) is 0.400. The van der Waals surface area contributed by atoms with Crippen LogP contribution in [-0.4, -0.2) is 42.4 Å². The van der Waals surface area contributed by atoms with E-state index in [0.717, 1.165) is 5.92 Å². The van der Waals surface area contributed by atoms with Gasteiger partial charge in [-0.3, -0.25) is 5.32 Å². The number of likely N-dealkylation sites (tertiary alicyclic amines) is 1. The Hall–Kier alpha value is -0.120. The van der Waals surface area contributed by atoms with Gasteiger partial charge in [0.2, 0.25) is 0 Å². The molecule has 0 aromatic carbocycles. The highest BCUT2D eigenvalue weighted by Gasteiger charge is 2.52. The topological polar surface area (TPSA) is 35.5 Å². The third-order valence-corrected chi connectivity index (χ3v) is 4.07. The van der Waals surface area contributed by atoms with Crippen LogP contribution in [0.4, 0.5) is 0 Å². The molecule has 3 heteroatoms. The first-order valence-corrected chi connectivity index (χ1v) is 5.86. The van der Waals surface area contributed by atoms with Crippen molar-refractivity contribution in [3.05, 3.63) is 0 Å². The lowest BCUT2D eigenvalue weighted by molar-refractivity contribution is -0.0835. The summed E-state index contributed by atoms with van der Waals surface area (Å²) < 4.78 is 0. The molecule has 1 aliphatic heterocycles. The van der Waals surface area contributed by atoms with Gasteiger partial charge in [0.1, 0.15) is 0 Å². The van der Waals surface area contributed by atoms with Gasteiger partial charge in [-0.05, 0) is 37.0 Å². The Bertz CT molecular complexity index is 213. The molecule has 0 aromatic rings. The van der Waals surface area contributed by atoms with Crippen LogP contribution in [0.5, 0.6) is 0 Å². The highest BCUT2D eigenvalue weighted by molar-refractivity contribution is 5.07. The third kappa shape index (κ3) is 1.58. The number of rotatable bonds is 4. The van der Waals surface area contributed by atoms with Gasteiger partial charge in [0.15, 0.2) is 0 Å². The van der Waals surface area contributed by atoms with E-state index in [1.165, 1.54) is 45.3 Å². The van der Waals surface area contributed by atoms with E-state index in [9.17, 15) is 0 Å². The molecular weight excluding hydrogens is 176 g/mol. The van der Waals surface area contributed by atoms with Crippen LogP contribution in [-0.2, 0) is 0 Å². The van der Waals surface area contributed by atoms with Crippen molar-refractivity contribution in [2.24, 2.45) is 11.3 Å². The van der Waals surface area contributed by atoms with Crippen molar-refractivity contribution in [2.45, 2.75) is 31.7 Å². The fraction of sp³-hybridized carbons (Fsp3) is 1.00. The van der Waals surface area contributed by atoms with Gasteiger partial charge >= 0.3 is 0 Å². The Morgan fingerprint density at radius 2 is 2.00 bits per heavy atom. The Balaban J connectivity index is 1.37. The standard InChI is InChI=1S/C11H20N2O/c14-8-12-10-3-11(4-10)6-13(7-11)5-9-1-2-9/h9-10,12,14H,1-8H2. The van der Waals surface area contributed by atoms with Crippen LogP contribution in [0.15, 0.2) is 0 Å². The minimum atomic E-state index is 0.145.